The first-order valence-corrected chi connectivity index (χ1v) is 3.69. The van der Waals surface area contributed by atoms with Gasteiger partial charge in [0.2, 0.25) is 5.82 Å². The Kier molecular flexibility index (Phi) is 1.49. The van der Waals surface area contributed by atoms with Crippen LogP contribution in [0.2, 0.25) is 5.02 Å². The summed E-state index contributed by atoms with van der Waals surface area (Å²) in [6.07, 6.45) is 3.21. The van der Waals surface area contributed by atoms with Crippen LogP contribution in [0.5, 0.6) is 0 Å². The van der Waals surface area contributed by atoms with Crippen molar-refractivity contribution in [2.45, 2.75) is 0 Å². The molecule has 2 rings (SSSR count). The number of halogens is 1. The van der Waals surface area contributed by atoms with E-state index in [1.54, 1.807) is 29.1 Å². The molecule has 0 fully saturated rings. The molecule has 0 atom stereocenters. The summed E-state index contributed by atoms with van der Waals surface area (Å²) in [6, 6.07) is 3.37. The zero-order valence-electron chi connectivity index (χ0n) is 6.03. The molecule has 4 heteroatoms. The van der Waals surface area contributed by atoms with Crippen LogP contribution in [0.4, 0.5) is 5.82 Å². The van der Waals surface area contributed by atoms with Crippen molar-refractivity contribution >= 4 is 22.9 Å². The number of hydrogen-bond donors (Lipinski definition) is 0. The predicted octanol–water partition coefficient (Wildman–Crippen LogP) is 2.54. The summed E-state index contributed by atoms with van der Waals surface area (Å²) >= 11 is 5.86. The Hall–Kier alpha value is -1.53. The van der Waals surface area contributed by atoms with Crippen molar-refractivity contribution in [2.75, 3.05) is 0 Å². The highest BCUT2D eigenvalue weighted by Gasteiger charge is 2.04. The van der Waals surface area contributed by atoms with Crippen LogP contribution < -0.4 is 0 Å². The molecule has 0 unspecified atom stereocenters. The second-order valence-corrected chi connectivity index (χ2v) is 2.71. The van der Waals surface area contributed by atoms with Crippen molar-refractivity contribution in [1.29, 1.82) is 0 Å². The number of hydrogen-bond acceptors (Lipinski definition) is 1. The van der Waals surface area contributed by atoms with Gasteiger partial charge in [0.1, 0.15) is 0 Å². The molecule has 2 heterocycles. The van der Waals surface area contributed by atoms with Gasteiger partial charge in [0.05, 0.1) is 11.2 Å². The Morgan fingerprint density at radius 2 is 2.33 bits per heavy atom. The quantitative estimate of drug-likeness (QED) is 0.567. The van der Waals surface area contributed by atoms with E-state index < -0.39 is 0 Å². The van der Waals surface area contributed by atoms with Crippen molar-refractivity contribution in [1.82, 2.24) is 9.38 Å². The summed E-state index contributed by atoms with van der Waals surface area (Å²) < 4.78 is 1.66. The fourth-order valence-corrected chi connectivity index (χ4v) is 1.26. The van der Waals surface area contributed by atoms with Gasteiger partial charge in [-0.25, -0.2) is 9.38 Å². The summed E-state index contributed by atoms with van der Waals surface area (Å²) in [5.41, 5.74) is 0.769. The van der Waals surface area contributed by atoms with E-state index in [0.29, 0.717) is 10.8 Å². The SMILES string of the molecule is [C-]#[N+]c1ccc(Cl)c2cncn12. The highest BCUT2D eigenvalue weighted by atomic mass is 35.5. The molecule has 0 spiro atoms. The summed E-state index contributed by atoms with van der Waals surface area (Å²) in [4.78, 5) is 7.23. The number of fused-ring (bicyclic) bond motifs is 1. The third-order valence-electron chi connectivity index (χ3n) is 1.62. The molecule has 0 saturated carbocycles. The summed E-state index contributed by atoms with van der Waals surface area (Å²) in [5.74, 6) is 0.520. The van der Waals surface area contributed by atoms with Crippen molar-refractivity contribution in [3.05, 3.63) is 41.1 Å². The molecule has 0 aliphatic rings. The van der Waals surface area contributed by atoms with Gasteiger partial charge >= 0.3 is 0 Å². The summed E-state index contributed by atoms with van der Waals surface area (Å²) in [5, 5.41) is 0.611. The highest BCUT2D eigenvalue weighted by Crippen LogP contribution is 2.22. The maximum absolute atomic E-state index is 6.87. The van der Waals surface area contributed by atoms with E-state index in [1.807, 2.05) is 0 Å². The van der Waals surface area contributed by atoms with Gasteiger partial charge in [-0.1, -0.05) is 18.2 Å². The maximum Gasteiger partial charge on any atom is 0.236 e. The van der Waals surface area contributed by atoms with Crippen LogP contribution in [0, 0.1) is 6.57 Å². The molecule has 0 radical (unpaired) electrons. The molecule has 3 nitrogen and oxygen atoms in total. The van der Waals surface area contributed by atoms with Crippen LogP contribution in [0.3, 0.4) is 0 Å². The van der Waals surface area contributed by atoms with Gasteiger partial charge < -0.3 is 4.85 Å². The second-order valence-electron chi connectivity index (χ2n) is 2.30. The minimum atomic E-state index is 0.520. The van der Waals surface area contributed by atoms with Crippen LogP contribution in [0.15, 0.2) is 24.7 Å². The van der Waals surface area contributed by atoms with Gasteiger partial charge in [0.15, 0.2) is 11.8 Å². The van der Waals surface area contributed by atoms with Crippen molar-refractivity contribution < 1.29 is 0 Å². The Balaban J connectivity index is 2.94. The molecule has 0 bridgehead atoms. The zero-order valence-corrected chi connectivity index (χ0v) is 6.78. The molecular weight excluding hydrogens is 174 g/mol. The first-order valence-electron chi connectivity index (χ1n) is 3.31. The van der Waals surface area contributed by atoms with Gasteiger partial charge in [-0.3, -0.25) is 0 Å². The van der Waals surface area contributed by atoms with Crippen LogP contribution in [0.1, 0.15) is 0 Å². The number of nitrogens with zero attached hydrogens (tertiary/aromatic N) is 3. The maximum atomic E-state index is 6.87. The molecule has 0 amide bonds. The smallest absolute Gasteiger partial charge is 0.236 e. The lowest BCUT2D eigenvalue weighted by Crippen LogP contribution is -1.81. The van der Waals surface area contributed by atoms with E-state index in [9.17, 15) is 0 Å². The van der Waals surface area contributed by atoms with Crippen LogP contribution in [0.25, 0.3) is 10.4 Å². The third-order valence-corrected chi connectivity index (χ3v) is 1.94. The lowest BCUT2D eigenvalue weighted by molar-refractivity contribution is 1.18. The molecule has 0 aliphatic heterocycles. The minimum Gasteiger partial charge on any atom is -0.364 e. The van der Waals surface area contributed by atoms with Gasteiger partial charge in [0, 0.05) is 0 Å². The normalized spacial score (nSPS) is 10.0. The lowest BCUT2D eigenvalue weighted by atomic mass is 10.4. The van der Waals surface area contributed by atoms with Crippen molar-refractivity contribution in [3.63, 3.8) is 0 Å². The topological polar surface area (TPSA) is 21.7 Å². The van der Waals surface area contributed by atoms with Crippen LogP contribution in [-0.2, 0) is 0 Å². The number of rotatable bonds is 0. The zero-order chi connectivity index (χ0) is 8.55. The molecule has 2 aromatic heterocycles. The molecular formula is C8H4ClN3. The van der Waals surface area contributed by atoms with E-state index >= 15 is 0 Å². The van der Waals surface area contributed by atoms with E-state index in [2.05, 4.69) is 9.83 Å². The number of pyridine rings is 1. The Morgan fingerprint density at radius 3 is 3.08 bits per heavy atom. The molecule has 0 aromatic carbocycles. The largest absolute Gasteiger partial charge is 0.364 e. The second kappa shape index (κ2) is 2.50. The molecule has 58 valence electrons. The highest BCUT2D eigenvalue weighted by molar-refractivity contribution is 6.33. The van der Waals surface area contributed by atoms with Gasteiger partial charge in [0.25, 0.3) is 0 Å². The summed E-state index contributed by atoms with van der Waals surface area (Å²) in [6.45, 7) is 6.87. The van der Waals surface area contributed by atoms with Gasteiger partial charge in [-0.05, 0) is 12.1 Å². The third kappa shape index (κ3) is 0.858. The van der Waals surface area contributed by atoms with E-state index in [-0.39, 0.29) is 0 Å². The monoisotopic (exact) mass is 177 g/mol. The lowest BCUT2D eigenvalue weighted by Gasteiger charge is -1.95. The Bertz CT molecular complexity index is 467. The molecule has 0 N–H and O–H groups in total. The van der Waals surface area contributed by atoms with E-state index in [0.717, 1.165) is 5.52 Å². The number of imidazole rings is 1. The minimum absolute atomic E-state index is 0.520. The van der Waals surface area contributed by atoms with E-state index in [4.69, 9.17) is 18.2 Å². The fraction of sp³-hybridized carbons (Fsp3) is 0. The molecule has 0 saturated heterocycles. The van der Waals surface area contributed by atoms with Crippen molar-refractivity contribution in [2.24, 2.45) is 0 Å². The van der Waals surface area contributed by atoms with E-state index in [1.165, 1.54) is 0 Å². The average molecular weight is 178 g/mol. The molecule has 2 aromatic rings. The first-order chi connectivity index (χ1) is 5.83. The Labute approximate surface area is 74.0 Å². The van der Waals surface area contributed by atoms with Crippen LogP contribution >= 0.6 is 11.6 Å². The Morgan fingerprint density at radius 1 is 1.50 bits per heavy atom. The van der Waals surface area contributed by atoms with Crippen LogP contribution in [-0.4, -0.2) is 9.38 Å². The fourth-order valence-electron chi connectivity index (χ4n) is 1.06. The van der Waals surface area contributed by atoms with Gasteiger partial charge in [-0.15, -0.1) is 0 Å². The number of aromatic nitrogens is 2. The summed E-state index contributed by atoms with van der Waals surface area (Å²) in [7, 11) is 0. The predicted molar refractivity (Wildman–Crippen MR) is 46.5 cm³/mol. The molecule has 0 aliphatic carbocycles. The van der Waals surface area contributed by atoms with Gasteiger partial charge in [-0.2, -0.15) is 0 Å². The van der Waals surface area contributed by atoms with Crippen molar-refractivity contribution in [3.8, 4) is 0 Å². The molecule has 12 heavy (non-hydrogen) atoms. The average Bonchev–Trinajstić information content (AvgIpc) is 2.54. The standard InChI is InChI=1S/C8H4ClN3/c1-10-8-3-2-6(9)7-4-11-5-12(7)8/h2-5H. The first kappa shape index (κ1) is 7.14.